The fraction of sp³-hybridized carbons (Fsp3) is 0.500. The zero-order valence-electron chi connectivity index (χ0n) is 11.6. The molecule has 0 saturated carbocycles. The molecule has 0 bridgehead atoms. The van der Waals surface area contributed by atoms with Gasteiger partial charge in [-0.3, -0.25) is 0 Å². The normalized spacial score (nSPS) is 13.3. The molecule has 0 radical (unpaired) electrons. The summed E-state index contributed by atoms with van der Waals surface area (Å²) in [5.41, 5.74) is 7.55. The zero-order chi connectivity index (χ0) is 13.7. The van der Waals surface area contributed by atoms with Crippen LogP contribution in [0.15, 0.2) is 18.2 Å². The molecule has 0 aliphatic carbocycles. The third-order valence-corrected chi connectivity index (χ3v) is 4.32. The van der Waals surface area contributed by atoms with Gasteiger partial charge in [-0.15, -0.1) is 0 Å². The van der Waals surface area contributed by atoms with Crippen LogP contribution in [0.1, 0.15) is 33.5 Å². The van der Waals surface area contributed by atoms with Gasteiger partial charge in [0.1, 0.15) is 5.82 Å². The first-order valence-corrected chi connectivity index (χ1v) is 6.44. The Kier molecular flexibility index (Phi) is 2.95. The highest BCUT2D eigenvalue weighted by Crippen LogP contribution is 2.35. The van der Waals surface area contributed by atoms with Gasteiger partial charge < -0.3 is 10.3 Å². The molecule has 2 N–H and O–H groups in total. The van der Waals surface area contributed by atoms with Crippen molar-refractivity contribution >= 4 is 22.6 Å². The molecule has 98 valence electrons. The van der Waals surface area contributed by atoms with E-state index < -0.39 is 0 Å². The molecule has 0 amide bonds. The second-order valence-corrected chi connectivity index (χ2v) is 6.36. The number of benzene rings is 1. The van der Waals surface area contributed by atoms with Crippen LogP contribution < -0.4 is 5.73 Å². The van der Waals surface area contributed by atoms with Gasteiger partial charge in [-0.2, -0.15) is 0 Å². The quantitative estimate of drug-likeness (QED) is 0.906. The standard InChI is InChI=1S/C14H20ClN3/c1-13(2,14(3,4)16)12-17-10-8-6-7-9(15)11(10)18(12)5/h6-8H,16H2,1-5H3. The summed E-state index contributed by atoms with van der Waals surface area (Å²) in [6.07, 6.45) is 0. The minimum atomic E-state index is -0.366. The molecule has 0 atom stereocenters. The second-order valence-electron chi connectivity index (χ2n) is 5.95. The van der Waals surface area contributed by atoms with Gasteiger partial charge in [0.25, 0.3) is 0 Å². The van der Waals surface area contributed by atoms with Crippen LogP contribution in [0.25, 0.3) is 11.0 Å². The average molecular weight is 266 g/mol. The van der Waals surface area contributed by atoms with Crippen LogP contribution in [0, 0.1) is 0 Å². The van der Waals surface area contributed by atoms with Crippen molar-refractivity contribution in [3.05, 3.63) is 29.0 Å². The van der Waals surface area contributed by atoms with Gasteiger partial charge in [-0.1, -0.05) is 31.5 Å². The Hall–Kier alpha value is -1.06. The Balaban J connectivity index is 2.75. The van der Waals surface area contributed by atoms with E-state index in [0.717, 1.165) is 21.9 Å². The number of para-hydroxylation sites is 1. The summed E-state index contributed by atoms with van der Waals surface area (Å²) < 4.78 is 2.05. The molecule has 18 heavy (non-hydrogen) atoms. The first-order valence-electron chi connectivity index (χ1n) is 6.06. The second kappa shape index (κ2) is 3.97. The number of rotatable bonds is 2. The van der Waals surface area contributed by atoms with Crippen LogP contribution in [0.2, 0.25) is 5.02 Å². The molecule has 0 aliphatic heterocycles. The molecule has 0 fully saturated rings. The fourth-order valence-corrected chi connectivity index (χ4v) is 2.36. The summed E-state index contributed by atoms with van der Waals surface area (Å²) >= 11 is 6.25. The fourth-order valence-electron chi connectivity index (χ4n) is 2.07. The molecule has 0 saturated heterocycles. The van der Waals surface area contributed by atoms with Crippen LogP contribution in [-0.2, 0) is 12.5 Å². The molecule has 1 heterocycles. The number of hydrogen-bond acceptors (Lipinski definition) is 2. The number of aryl methyl sites for hydroxylation is 1. The lowest BCUT2D eigenvalue weighted by Gasteiger charge is -2.37. The molecule has 1 aromatic heterocycles. The smallest absolute Gasteiger partial charge is 0.117 e. The molecule has 0 spiro atoms. The first-order chi connectivity index (χ1) is 8.16. The van der Waals surface area contributed by atoms with Crippen molar-refractivity contribution in [1.82, 2.24) is 9.55 Å². The summed E-state index contributed by atoms with van der Waals surface area (Å²) in [5, 5.41) is 0.722. The largest absolute Gasteiger partial charge is 0.329 e. The highest BCUT2D eigenvalue weighted by molar-refractivity contribution is 6.35. The molecule has 4 heteroatoms. The molecular formula is C14H20ClN3. The van der Waals surface area contributed by atoms with Crippen molar-refractivity contribution in [1.29, 1.82) is 0 Å². The summed E-state index contributed by atoms with van der Waals surface area (Å²) in [7, 11) is 1.99. The van der Waals surface area contributed by atoms with E-state index in [1.807, 2.05) is 43.7 Å². The van der Waals surface area contributed by atoms with Gasteiger partial charge in [-0.05, 0) is 26.0 Å². The summed E-state index contributed by atoms with van der Waals surface area (Å²) in [6, 6.07) is 5.78. The van der Waals surface area contributed by atoms with E-state index in [9.17, 15) is 0 Å². The third-order valence-electron chi connectivity index (χ3n) is 4.01. The molecule has 3 nitrogen and oxygen atoms in total. The number of halogens is 1. The summed E-state index contributed by atoms with van der Waals surface area (Å²) in [6.45, 7) is 8.27. The molecular weight excluding hydrogens is 246 g/mol. The number of fused-ring (bicyclic) bond motifs is 1. The lowest BCUT2D eigenvalue weighted by atomic mass is 9.74. The van der Waals surface area contributed by atoms with Gasteiger partial charge in [0.05, 0.1) is 16.1 Å². The number of nitrogens with two attached hydrogens (primary N) is 1. The topological polar surface area (TPSA) is 43.8 Å². The van der Waals surface area contributed by atoms with Gasteiger partial charge >= 0.3 is 0 Å². The number of hydrogen-bond donors (Lipinski definition) is 1. The Morgan fingerprint density at radius 1 is 1.22 bits per heavy atom. The van der Waals surface area contributed by atoms with E-state index in [-0.39, 0.29) is 11.0 Å². The predicted molar refractivity (Wildman–Crippen MR) is 77.0 cm³/mol. The van der Waals surface area contributed by atoms with Crippen molar-refractivity contribution in [2.45, 2.75) is 38.6 Å². The number of imidazole rings is 1. The van der Waals surface area contributed by atoms with Crippen LogP contribution in [-0.4, -0.2) is 15.1 Å². The molecule has 2 aromatic rings. The molecule has 0 aliphatic rings. The van der Waals surface area contributed by atoms with Gasteiger partial charge in [0.2, 0.25) is 0 Å². The first kappa shape index (κ1) is 13.4. The monoisotopic (exact) mass is 265 g/mol. The Morgan fingerprint density at radius 3 is 2.33 bits per heavy atom. The third kappa shape index (κ3) is 1.82. The maximum absolute atomic E-state index is 6.29. The molecule has 2 rings (SSSR count). The van der Waals surface area contributed by atoms with Crippen molar-refractivity contribution < 1.29 is 0 Å². The summed E-state index contributed by atoms with van der Waals surface area (Å²) in [4.78, 5) is 4.71. The van der Waals surface area contributed by atoms with Crippen molar-refractivity contribution in [3.8, 4) is 0 Å². The van der Waals surface area contributed by atoms with Gasteiger partial charge in [-0.25, -0.2) is 4.98 Å². The Morgan fingerprint density at radius 2 is 1.83 bits per heavy atom. The minimum Gasteiger partial charge on any atom is -0.329 e. The van der Waals surface area contributed by atoms with Gasteiger partial charge in [0.15, 0.2) is 0 Å². The van der Waals surface area contributed by atoms with E-state index in [1.165, 1.54) is 0 Å². The van der Waals surface area contributed by atoms with E-state index >= 15 is 0 Å². The Bertz CT molecular complexity index is 591. The van der Waals surface area contributed by atoms with Crippen molar-refractivity contribution in [2.75, 3.05) is 0 Å². The van der Waals surface area contributed by atoms with E-state index in [4.69, 9.17) is 22.3 Å². The molecule has 0 unspecified atom stereocenters. The zero-order valence-corrected chi connectivity index (χ0v) is 12.3. The number of nitrogens with zero attached hydrogens (tertiary/aromatic N) is 2. The SMILES string of the molecule is Cn1c(C(C)(C)C(C)(C)N)nc2cccc(Cl)c21. The van der Waals surface area contributed by atoms with E-state index in [2.05, 4.69) is 13.8 Å². The van der Waals surface area contributed by atoms with Crippen LogP contribution in [0.5, 0.6) is 0 Å². The van der Waals surface area contributed by atoms with Crippen LogP contribution in [0.4, 0.5) is 0 Å². The van der Waals surface area contributed by atoms with Crippen molar-refractivity contribution in [2.24, 2.45) is 12.8 Å². The van der Waals surface area contributed by atoms with Crippen LogP contribution >= 0.6 is 11.6 Å². The predicted octanol–water partition coefficient (Wildman–Crippen LogP) is 3.24. The van der Waals surface area contributed by atoms with E-state index in [1.54, 1.807) is 0 Å². The lowest BCUT2D eigenvalue weighted by molar-refractivity contribution is 0.286. The minimum absolute atomic E-state index is 0.246. The van der Waals surface area contributed by atoms with Gasteiger partial charge in [0, 0.05) is 18.0 Å². The lowest BCUT2D eigenvalue weighted by Crippen LogP contribution is -2.51. The van der Waals surface area contributed by atoms with Crippen molar-refractivity contribution in [3.63, 3.8) is 0 Å². The van der Waals surface area contributed by atoms with Crippen LogP contribution in [0.3, 0.4) is 0 Å². The maximum Gasteiger partial charge on any atom is 0.117 e. The van der Waals surface area contributed by atoms with E-state index in [0.29, 0.717) is 0 Å². The number of aromatic nitrogens is 2. The average Bonchev–Trinajstić information content (AvgIpc) is 2.56. The maximum atomic E-state index is 6.29. The highest BCUT2D eigenvalue weighted by atomic mass is 35.5. The molecule has 1 aromatic carbocycles. The Labute approximate surface area is 113 Å². The summed E-state index contributed by atoms with van der Waals surface area (Å²) in [5.74, 6) is 0.957. The highest BCUT2D eigenvalue weighted by Gasteiger charge is 2.39.